The van der Waals surface area contributed by atoms with Gasteiger partial charge in [-0.25, -0.2) is 0 Å². The Hall–Kier alpha value is -2.62. The predicted molar refractivity (Wildman–Crippen MR) is 80.6 cm³/mol. The lowest BCUT2D eigenvalue weighted by atomic mass is 10.2. The summed E-state index contributed by atoms with van der Waals surface area (Å²) in [4.78, 5) is 8.74. The van der Waals surface area contributed by atoms with Crippen molar-refractivity contribution < 1.29 is 4.74 Å². The van der Waals surface area contributed by atoms with Gasteiger partial charge < -0.3 is 10.1 Å². The standard InChI is InChI=1S/C16H15N3O/c1-11-6-5-7-12(10-11)17-15-13-8-3-4-9-14(13)18-16(19-15)20-2/h3-10H,1-2H3,(H,17,18,19). The molecule has 4 nitrogen and oxygen atoms in total. The molecule has 0 saturated heterocycles. The van der Waals surface area contributed by atoms with Crippen LogP contribution in [0.2, 0.25) is 0 Å². The molecule has 0 unspecified atom stereocenters. The number of rotatable bonds is 3. The number of para-hydroxylation sites is 1. The number of aryl methyl sites for hydroxylation is 1. The fourth-order valence-electron chi connectivity index (χ4n) is 2.10. The van der Waals surface area contributed by atoms with Gasteiger partial charge in [-0.1, -0.05) is 24.3 Å². The summed E-state index contributed by atoms with van der Waals surface area (Å²) in [7, 11) is 1.57. The zero-order chi connectivity index (χ0) is 13.9. The first-order valence-electron chi connectivity index (χ1n) is 6.41. The number of benzene rings is 2. The summed E-state index contributed by atoms with van der Waals surface area (Å²) >= 11 is 0. The fourth-order valence-corrected chi connectivity index (χ4v) is 2.10. The Morgan fingerprint density at radius 2 is 1.85 bits per heavy atom. The molecule has 0 amide bonds. The van der Waals surface area contributed by atoms with Gasteiger partial charge in [0.05, 0.1) is 12.6 Å². The van der Waals surface area contributed by atoms with E-state index in [0.29, 0.717) is 6.01 Å². The molecule has 0 aliphatic heterocycles. The molecule has 1 aromatic heterocycles. The number of hydrogen-bond acceptors (Lipinski definition) is 4. The Morgan fingerprint density at radius 1 is 1.00 bits per heavy atom. The monoisotopic (exact) mass is 265 g/mol. The topological polar surface area (TPSA) is 47.0 Å². The molecule has 0 atom stereocenters. The number of nitrogens with zero attached hydrogens (tertiary/aromatic N) is 2. The minimum atomic E-state index is 0.360. The zero-order valence-electron chi connectivity index (χ0n) is 11.4. The summed E-state index contributed by atoms with van der Waals surface area (Å²) in [6.45, 7) is 2.06. The predicted octanol–water partition coefficient (Wildman–Crippen LogP) is 3.69. The summed E-state index contributed by atoms with van der Waals surface area (Å²) in [5, 5.41) is 4.30. The molecule has 0 spiro atoms. The van der Waals surface area contributed by atoms with Gasteiger partial charge in [-0.3, -0.25) is 0 Å². The lowest BCUT2D eigenvalue weighted by Crippen LogP contribution is -1.99. The van der Waals surface area contributed by atoms with E-state index in [0.717, 1.165) is 22.4 Å². The smallest absolute Gasteiger partial charge is 0.318 e. The third-order valence-corrected chi connectivity index (χ3v) is 3.05. The van der Waals surface area contributed by atoms with E-state index >= 15 is 0 Å². The van der Waals surface area contributed by atoms with Crippen LogP contribution >= 0.6 is 0 Å². The second-order valence-corrected chi connectivity index (χ2v) is 4.57. The molecule has 0 saturated carbocycles. The van der Waals surface area contributed by atoms with E-state index in [-0.39, 0.29) is 0 Å². The molecule has 3 rings (SSSR count). The van der Waals surface area contributed by atoms with Crippen LogP contribution in [0.3, 0.4) is 0 Å². The largest absolute Gasteiger partial charge is 0.467 e. The number of ether oxygens (including phenoxy) is 1. The number of methoxy groups -OCH3 is 1. The zero-order valence-corrected chi connectivity index (χ0v) is 11.4. The summed E-state index contributed by atoms with van der Waals surface area (Å²) in [5.41, 5.74) is 3.05. The molecule has 3 aromatic rings. The van der Waals surface area contributed by atoms with Crippen molar-refractivity contribution in [2.24, 2.45) is 0 Å². The molecule has 2 aromatic carbocycles. The van der Waals surface area contributed by atoms with Gasteiger partial charge in [-0.15, -0.1) is 0 Å². The molecule has 0 bridgehead atoms. The molecule has 0 fully saturated rings. The minimum Gasteiger partial charge on any atom is -0.467 e. The van der Waals surface area contributed by atoms with Crippen molar-refractivity contribution in [1.29, 1.82) is 0 Å². The summed E-state index contributed by atoms with van der Waals surface area (Å²) < 4.78 is 5.16. The van der Waals surface area contributed by atoms with Crippen molar-refractivity contribution in [3.63, 3.8) is 0 Å². The summed E-state index contributed by atoms with van der Waals surface area (Å²) in [5.74, 6) is 0.748. The van der Waals surface area contributed by atoms with Crippen molar-refractivity contribution >= 4 is 22.4 Å². The highest BCUT2D eigenvalue weighted by Crippen LogP contribution is 2.25. The number of fused-ring (bicyclic) bond motifs is 1. The van der Waals surface area contributed by atoms with Gasteiger partial charge in [0.2, 0.25) is 0 Å². The molecule has 0 aliphatic rings. The van der Waals surface area contributed by atoms with E-state index < -0.39 is 0 Å². The Labute approximate surface area is 117 Å². The number of hydrogen-bond donors (Lipinski definition) is 1. The van der Waals surface area contributed by atoms with Crippen molar-refractivity contribution in [3.8, 4) is 6.01 Å². The Kier molecular flexibility index (Phi) is 3.21. The maximum absolute atomic E-state index is 5.16. The fraction of sp³-hybridized carbons (Fsp3) is 0.125. The normalized spacial score (nSPS) is 10.5. The third-order valence-electron chi connectivity index (χ3n) is 3.05. The maximum Gasteiger partial charge on any atom is 0.318 e. The molecule has 100 valence electrons. The van der Waals surface area contributed by atoms with Gasteiger partial charge in [0, 0.05) is 11.1 Å². The van der Waals surface area contributed by atoms with Gasteiger partial charge in [-0.05, 0) is 36.8 Å². The third kappa shape index (κ3) is 2.40. The van der Waals surface area contributed by atoms with Crippen LogP contribution in [0.15, 0.2) is 48.5 Å². The molecule has 1 N–H and O–H groups in total. The highest BCUT2D eigenvalue weighted by molar-refractivity contribution is 5.91. The molecule has 0 radical (unpaired) electrons. The van der Waals surface area contributed by atoms with Crippen LogP contribution in [0.25, 0.3) is 10.9 Å². The Balaban J connectivity index is 2.10. The van der Waals surface area contributed by atoms with Crippen LogP contribution in [0.4, 0.5) is 11.5 Å². The molecular formula is C16H15N3O. The van der Waals surface area contributed by atoms with Gasteiger partial charge in [-0.2, -0.15) is 9.97 Å². The van der Waals surface area contributed by atoms with Gasteiger partial charge in [0.15, 0.2) is 0 Å². The Morgan fingerprint density at radius 3 is 2.65 bits per heavy atom. The molecule has 0 aliphatic carbocycles. The summed E-state index contributed by atoms with van der Waals surface area (Å²) in [6, 6.07) is 16.4. The van der Waals surface area contributed by atoms with Crippen LogP contribution < -0.4 is 10.1 Å². The van der Waals surface area contributed by atoms with E-state index in [1.54, 1.807) is 7.11 Å². The van der Waals surface area contributed by atoms with Gasteiger partial charge in [0.25, 0.3) is 0 Å². The van der Waals surface area contributed by atoms with Crippen molar-refractivity contribution in [2.75, 3.05) is 12.4 Å². The average molecular weight is 265 g/mol. The lowest BCUT2D eigenvalue weighted by Gasteiger charge is -2.10. The number of anilines is 2. The van der Waals surface area contributed by atoms with Crippen LogP contribution in [0.1, 0.15) is 5.56 Å². The van der Waals surface area contributed by atoms with E-state index in [1.165, 1.54) is 5.56 Å². The quantitative estimate of drug-likeness (QED) is 0.784. The van der Waals surface area contributed by atoms with Crippen LogP contribution in [0, 0.1) is 6.92 Å². The maximum atomic E-state index is 5.16. The number of aromatic nitrogens is 2. The van der Waals surface area contributed by atoms with E-state index in [2.05, 4.69) is 34.3 Å². The highest BCUT2D eigenvalue weighted by atomic mass is 16.5. The molecular weight excluding hydrogens is 250 g/mol. The second-order valence-electron chi connectivity index (χ2n) is 4.57. The second kappa shape index (κ2) is 5.17. The number of nitrogens with one attached hydrogen (secondary N) is 1. The molecule has 20 heavy (non-hydrogen) atoms. The first kappa shape index (κ1) is 12.4. The highest BCUT2D eigenvalue weighted by Gasteiger charge is 2.07. The van der Waals surface area contributed by atoms with Crippen molar-refractivity contribution in [2.45, 2.75) is 6.92 Å². The SMILES string of the molecule is COc1nc(Nc2cccc(C)c2)c2ccccc2n1. The lowest BCUT2D eigenvalue weighted by molar-refractivity contribution is 0.382. The summed E-state index contributed by atoms with van der Waals surface area (Å²) in [6.07, 6.45) is 0. The Bertz CT molecular complexity index is 756. The van der Waals surface area contributed by atoms with Crippen LogP contribution in [0.5, 0.6) is 6.01 Å². The van der Waals surface area contributed by atoms with E-state index in [9.17, 15) is 0 Å². The van der Waals surface area contributed by atoms with Gasteiger partial charge in [0.1, 0.15) is 5.82 Å². The first-order valence-corrected chi connectivity index (χ1v) is 6.41. The van der Waals surface area contributed by atoms with Crippen LogP contribution in [-0.2, 0) is 0 Å². The van der Waals surface area contributed by atoms with E-state index in [1.807, 2.05) is 36.4 Å². The van der Waals surface area contributed by atoms with Gasteiger partial charge >= 0.3 is 6.01 Å². The first-order chi connectivity index (χ1) is 9.76. The minimum absolute atomic E-state index is 0.360. The van der Waals surface area contributed by atoms with Crippen LogP contribution in [-0.4, -0.2) is 17.1 Å². The average Bonchev–Trinajstić information content (AvgIpc) is 2.47. The van der Waals surface area contributed by atoms with Crippen molar-refractivity contribution in [3.05, 3.63) is 54.1 Å². The molecule has 1 heterocycles. The van der Waals surface area contributed by atoms with E-state index in [4.69, 9.17) is 4.74 Å². The van der Waals surface area contributed by atoms with Crippen molar-refractivity contribution in [1.82, 2.24) is 9.97 Å². The molecule has 4 heteroatoms.